The lowest BCUT2D eigenvalue weighted by molar-refractivity contribution is -0.139. The first-order valence-corrected chi connectivity index (χ1v) is 6.04. The van der Waals surface area contributed by atoms with E-state index in [-0.39, 0.29) is 11.8 Å². The van der Waals surface area contributed by atoms with Crippen LogP contribution in [-0.4, -0.2) is 24.2 Å². The quantitative estimate of drug-likeness (QED) is 0.784. The summed E-state index contributed by atoms with van der Waals surface area (Å²) in [6, 6.07) is 5.23. The van der Waals surface area contributed by atoms with Crippen molar-refractivity contribution in [3.63, 3.8) is 0 Å². The van der Waals surface area contributed by atoms with Crippen molar-refractivity contribution in [3.8, 4) is 5.75 Å². The first-order valence-electron chi connectivity index (χ1n) is 6.04. The molecule has 0 spiro atoms. The van der Waals surface area contributed by atoms with Crippen molar-refractivity contribution in [1.29, 1.82) is 0 Å². The van der Waals surface area contributed by atoms with Gasteiger partial charge < -0.3 is 15.2 Å². The van der Waals surface area contributed by atoms with Crippen LogP contribution in [0.1, 0.15) is 17.9 Å². The Morgan fingerprint density at radius 3 is 3.06 bits per heavy atom. The van der Waals surface area contributed by atoms with E-state index in [2.05, 4.69) is 17.5 Å². The normalized spacial score (nSPS) is 28.2. The number of ether oxygens (including phenoxy) is 1. The van der Waals surface area contributed by atoms with Gasteiger partial charge in [0.15, 0.2) is 0 Å². The standard InChI is InChI=1S/C14H15NO3/c1-18-8-5-6-12-11(7-8)9-3-2-4-10(9)13(15-12)14(16)17/h2-3,5-7,9-10,13,15H,4H2,1H3,(H,16,17)/t9-,10+,13-/m1/s1. The Balaban J connectivity index is 2.06. The number of anilines is 1. The van der Waals surface area contributed by atoms with Crippen LogP contribution in [0.2, 0.25) is 0 Å². The van der Waals surface area contributed by atoms with Gasteiger partial charge >= 0.3 is 5.97 Å². The fourth-order valence-corrected chi connectivity index (χ4v) is 2.94. The lowest BCUT2D eigenvalue weighted by Crippen LogP contribution is -2.41. The Morgan fingerprint density at radius 2 is 2.33 bits per heavy atom. The molecule has 0 bridgehead atoms. The largest absolute Gasteiger partial charge is 0.497 e. The van der Waals surface area contributed by atoms with E-state index in [1.807, 2.05) is 18.2 Å². The second kappa shape index (κ2) is 4.05. The fourth-order valence-electron chi connectivity index (χ4n) is 2.94. The van der Waals surface area contributed by atoms with Crippen molar-refractivity contribution in [1.82, 2.24) is 0 Å². The summed E-state index contributed by atoms with van der Waals surface area (Å²) in [5.74, 6) is 0.304. The molecular weight excluding hydrogens is 230 g/mol. The van der Waals surface area contributed by atoms with Crippen LogP contribution in [0.4, 0.5) is 5.69 Å². The highest BCUT2D eigenvalue weighted by Gasteiger charge is 2.40. The topological polar surface area (TPSA) is 58.6 Å². The van der Waals surface area contributed by atoms with Crippen LogP contribution in [0.3, 0.4) is 0 Å². The van der Waals surface area contributed by atoms with Gasteiger partial charge in [-0.05, 0) is 30.2 Å². The van der Waals surface area contributed by atoms with Gasteiger partial charge in [0.25, 0.3) is 0 Å². The second-order valence-corrected chi connectivity index (χ2v) is 4.77. The Kier molecular flexibility index (Phi) is 2.51. The van der Waals surface area contributed by atoms with Crippen LogP contribution in [0, 0.1) is 5.92 Å². The number of carbonyl (C=O) groups is 1. The van der Waals surface area contributed by atoms with Crippen LogP contribution in [0.5, 0.6) is 5.75 Å². The van der Waals surface area contributed by atoms with Crippen LogP contribution in [0.15, 0.2) is 30.4 Å². The minimum absolute atomic E-state index is 0.0992. The monoisotopic (exact) mass is 245 g/mol. The summed E-state index contributed by atoms with van der Waals surface area (Å²) in [6.07, 6.45) is 4.99. The highest BCUT2D eigenvalue weighted by atomic mass is 16.5. The molecule has 0 amide bonds. The van der Waals surface area contributed by atoms with Gasteiger partial charge in [0.2, 0.25) is 0 Å². The molecule has 0 unspecified atom stereocenters. The van der Waals surface area contributed by atoms with Gasteiger partial charge in [0.1, 0.15) is 11.8 Å². The van der Waals surface area contributed by atoms with E-state index in [0.717, 1.165) is 23.4 Å². The van der Waals surface area contributed by atoms with Crippen LogP contribution in [-0.2, 0) is 4.79 Å². The van der Waals surface area contributed by atoms with Crippen molar-refractivity contribution in [3.05, 3.63) is 35.9 Å². The van der Waals surface area contributed by atoms with Crippen LogP contribution >= 0.6 is 0 Å². The molecule has 0 saturated heterocycles. The molecule has 1 aromatic rings. The van der Waals surface area contributed by atoms with Gasteiger partial charge in [-0.25, -0.2) is 4.79 Å². The summed E-state index contributed by atoms with van der Waals surface area (Å²) < 4.78 is 5.23. The Bertz CT molecular complexity index is 524. The van der Waals surface area contributed by atoms with Crippen LogP contribution < -0.4 is 10.1 Å². The van der Waals surface area contributed by atoms with E-state index in [4.69, 9.17) is 4.74 Å². The minimum Gasteiger partial charge on any atom is -0.497 e. The summed E-state index contributed by atoms with van der Waals surface area (Å²) in [4.78, 5) is 11.3. The highest BCUT2D eigenvalue weighted by molar-refractivity contribution is 5.80. The molecular formula is C14H15NO3. The smallest absolute Gasteiger partial charge is 0.326 e. The minimum atomic E-state index is -0.782. The average Bonchev–Trinajstić information content (AvgIpc) is 2.86. The molecule has 0 saturated carbocycles. The molecule has 0 radical (unpaired) electrons. The van der Waals surface area contributed by atoms with Gasteiger partial charge in [-0.3, -0.25) is 0 Å². The van der Waals surface area contributed by atoms with Crippen molar-refractivity contribution < 1.29 is 14.6 Å². The van der Waals surface area contributed by atoms with E-state index in [9.17, 15) is 9.90 Å². The molecule has 18 heavy (non-hydrogen) atoms. The highest BCUT2D eigenvalue weighted by Crippen LogP contribution is 2.45. The van der Waals surface area contributed by atoms with Crippen LogP contribution in [0.25, 0.3) is 0 Å². The molecule has 1 aliphatic carbocycles. The van der Waals surface area contributed by atoms with E-state index < -0.39 is 12.0 Å². The molecule has 2 N–H and O–H groups in total. The summed E-state index contributed by atoms with van der Waals surface area (Å²) >= 11 is 0. The first-order chi connectivity index (χ1) is 8.70. The average molecular weight is 245 g/mol. The third-order valence-corrected chi connectivity index (χ3v) is 3.84. The zero-order chi connectivity index (χ0) is 12.7. The van der Waals surface area contributed by atoms with E-state index in [1.54, 1.807) is 7.11 Å². The molecule has 4 nitrogen and oxygen atoms in total. The Hall–Kier alpha value is -1.97. The summed E-state index contributed by atoms with van der Waals surface area (Å²) in [5, 5.41) is 12.4. The second-order valence-electron chi connectivity index (χ2n) is 4.77. The predicted octanol–water partition coefficient (Wildman–Crippen LogP) is 2.23. The number of hydrogen-bond acceptors (Lipinski definition) is 3. The van der Waals surface area contributed by atoms with E-state index >= 15 is 0 Å². The zero-order valence-electron chi connectivity index (χ0n) is 10.1. The number of rotatable bonds is 2. The zero-order valence-corrected chi connectivity index (χ0v) is 10.1. The van der Waals surface area contributed by atoms with Gasteiger partial charge in [0, 0.05) is 17.5 Å². The molecule has 4 heteroatoms. The molecule has 3 rings (SSSR count). The van der Waals surface area contributed by atoms with Crippen molar-refractivity contribution >= 4 is 11.7 Å². The maximum absolute atomic E-state index is 11.3. The van der Waals surface area contributed by atoms with Crippen molar-refractivity contribution in [2.45, 2.75) is 18.4 Å². The number of allylic oxidation sites excluding steroid dienone is 2. The maximum Gasteiger partial charge on any atom is 0.326 e. The lowest BCUT2D eigenvalue weighted by Gasteiger charge is -2.34. The number of nitrogens with one attached hydrogen (secondary N) is 1. The van der Waals surface area contributed by atoms with Gasteiger partial charge in [-0.2, -0.15) is 0 Å². The van der Waals surface area contributed by atoms with Crippen molar-refractivity contribution in [2.24, 2.45) is 5.92 Å². The number of methoxy groups -OCH3 is 1. The Morgan fingerprint density at radius 1 is 1.50 bits per heavy atom. The number of carboxylic acid groups (broad SMARTS) is 1. The van der Waals surface area contributed by atoms with Gasteiger partial charge in [-0.15, -0.1) is 0 Å². The van der Waals surface area contributed by atoms with E-state index in [1.165, 1.54) is 0 Å². The maximum atomic E-state index is 11.3. The Labute approximate surface area is 105 Å². The first kappa shape index (κ1) is 11.1. The molecule has 0 fully saturated rings. The molecule has 0 aromatic heterocycles. The lowest BCUT2D eigenvalue weighted by atomic mass is 9.79. The molecule has 1 heterocycles. The molecule has 94 valence electrons. The summed E-state index contributed by atoms with van der Waals surface area (Å²) in [5.41, 5.74) is 2.03. The molecule has 3 atom stereocenters. The third kappa shape index (κ3) is 1.56. The van der Waals surface area contributed by atoms with Crippen molar-refractivity contribution in [2.75, 3.05) is 12.4 Å². The number of hydrogen-bond donors (Lipinski definition) is 2. The number of benzene rings is 1. The number of aliphatic carboxylic acids is 1. The molecule has 1 aromatic carbocycles. The summed E-state index contributed by atoms with van der Waals surface area (Å²) in [7, 11) is 1.64. The molecule has 2 aliphatic rings. The predicted molar refractivity (Wildman–Crippen MR) is 68.0 cm³/mol. The molecule has 1 aliphatic heterocycles. The van der Waals surface area contributed by atoms with Gasteiger partial charge in [-0.1, -0.05) is 12.2 Å². The SMILES string of the molecule is COc1ccc2c(c1)[C@@H]1C=CC[C@@H]1[C@H](C(=O)O)N2. The van der Waals surface area contributed by atoms with E-state index in [0.29, 0.717) is 0 Å². The fraction of sp³-hybridized carbons (Fsp3) is 0.357. The number of carboxylic acids is 1. The summed E-state index contributed by atoms with van der Waals surface area (Å²) in [6.45, 7) is 0. The third-order valence-electron chi connectivity index (χ3n) is 3.84. The van der Waals surface area contributed by atoms with Gasteiger partial charge in [0.05, 0.1) is 7.11 Å². The number of fused-ring (bicyclic) bond motifs is 3.